The molecule has 1 aliphatic heterocycles. The van der Waals surface area contributed by atoms with Gasteiger partial charge in [0.1, 0.15) is 0 Å². The third-order valence-electron chi connectivity index (χ3n) is 4.15. The third kappa shape index (κ3) is 4.34. The van der Waals surface area contributed by atoms with Crippen molar-refractivity contribution in [3.8, 4) is 0 Å². The Bertz CT molecular complexity index is 627. The van der Waals surface area contributed by atoms with Crippen molar-refractivity contribution >= 4 is 23.5 Å². The number of nitrogens with zero attached hydrogens (tertiary/aromatic N) is 1. The molecule has 1 fully saturated rings. The van der Waals surface area contributed by atoms with Crippen LogP contribution in [0.15, 0.2) is 24.3 Å². The highest BCUT2D eigenvalue weighted by Crippen LogP contribution is 2.22. The first-order chi connectivity index (χ1) is 11.4. The van der Waals surface area contributed by atoms with Crippen LogP contribution in [-0.4, -0.2) is 42.9 Å². The molecule has 1 aliphatic rings. The van der Waals surface area contributed by atoms with Crippen molar-refractivity contribution in [3.05, 3.63) is 29.8 Å². The first-order valence-corrected chi connectivity index (χ1v) is 8.18. The number of hydrogen-bond acceptors (Lipinski definition) is 4. The first-order valence-electron chi connectivity index (χ1n) is 8.18. The second-order valence-corrected chi connectivity index (χ2v) is 6.45. The van der Waals surface area contributed by atoms with E-state index in [4.69, 9.17) is 4.74 Å². The van der Waals surface area contributed by atoms with E-state index in [9.17, 15) is 14.4 Å². The summed E-state index contributed by atoms with van der Waals surface area (Å²) in [5.41, 5.74) is 0.705. The average Bonchev–Trinajstić information content (AvgIpc) is 2.94. The molecule has 1 heterocycles. The van der Waals surface area contributed by atoms with Gasteiger partial charge < -0.3 is 15.0 Å². The Morgan fingerprint density at radius 2 is 2.04 bits per heavy atom. The standard InChI is InChI=1S/C18H24N2O4/c1-12(2)8-9-20-11-13(10-16(20)21)17(22)19-15-7-5-4-6-14(15)18(23)24-3/h4-7,12-13H,8-11H2,1-3H3,(H,19,22). The predicted octanol–water partition coefficient (Wildman–Crippen LogP) is 2.31. The normalized spacial score (nSPS) is 17.2. The Morgan fingerprint density at radius 3 is 2.71 bits per heavy atom. The Morgan fingerprint density at radius 1 is 1.33 bits per heavy atom. The minimum atomic E-state index is -0.507. The van der Waals surface area contributed by atoms with E-state index in [2.05, 4.69) is 19.2 Å². The summed E-state index contributed by atoms with van der Waals surface area (Å²) in [6, 6.07) is 6.68. The van der Waals surface area contributed by atoms with E-state index >= 15 is 0 Å². The van der Waals surface area contributed by atoms with Crippen molar-refractivity contribution in [2.75, 3.05) is 25.5 Å². The highest BCUT2D eigenvalue weighted by molar-refractivity contribution is 6.03. The molecule has 0 bridgehead atoms. The molecule has 2 rings (SSSR count). The molecule has 1 aromatic rings. The molecule has 0 radical (unpaired) electrons. The molecular weight excluding hydrogens is 308 g/mol. The zero-order valence-corrected chi connectivity index (χ0v) is 14.4. The number of benzene rings is 1. The number of methoxy groups -OCH3 is 1. The van der Waals surface area contributed by atoms with Gasteiger partial charge in [0.05, 0.1) is 24.3 Å². The van der Waals surface area contributed by atoms with Crippen LogP contribution >= 0.6 is 0 Å². The van der Waals surface area contributed by atoms with Crippen molar-refractivity contribution in [1.29, 1.82) is 0 Å². The lowest BCUT2D eigenvalue weighted by Gasteiger charge is -2.18. The van der Waals surface area contributed by atoms with Crippen LogP contribution in [-0.2, 0) is 14.3 Å². The van der Waals surface area contributed by atoms with Crippen LogP contribution in [0.25, 0.3) is 0 Å². The van der Waals surface area contributed by atoms with Crippen LogP contribution in [0.4, 0.5) is 5.69 Å². The summed E-state index contributed by atoms with van der Waals surface area (Å²) in [4.78, 5) is 38.0. The maximum Gasteiger partial charge on any atom is 0.339 e. The van der Waals surface area contributed by atoms with Gasteiger partial charge in [-0.15, -0.1) is 0 Å². The lowest BCUT2D eigenvalue weighted by molar-refractivity contribution is -0.128. The fourth-order valence-corrected chi connectivity index (χ4v) is 2.69. The lowest BCUT2D eigenvalue weighted by atomic mass is 10.1. The van der Waals surface area contributed by atoms with Crippen LogP contribution in [0.5, 0.6) is 0 Å². The summed E-state index contributed by atoms with van der Waals surface area (Å²) < 4.78 is 4.72. The molecule has 1 atom stereocenters. The fourth-order valence-electron chi connectivity index (χ4n) is 2.69. The zero-order valence-electron chi connectivity index (χ0n) is 14.4. The van der Waals surface area contributed by atoms with E-state index in [1.807, 2.05) is 0 Å². The van der Waals surface area contributed by atoms with Crippen LogP contribution in [0.3, 0.4) is 0 Å². The Hall–Kier alpha value is -2.37. The molecule has 1 N–H and O–H groups in total. The summed E-state index contributed by atoms with van der Waals surface area (Å²) in [5, 5.41) is 2.76. The number of carbonyl (C=O) groups excluding carboxylic acids is 3. The van der Waals surface area contributed by atoms with Gasteiger partial charge in [-0.3, -0.25) is 9.59 Å². The van der Waals surface area contributed by atoms with Gasteiger partial charge in [-0.1, -0.05) is 26.0 Å². The number of ether oxygens (including phenoxy) is 1. The lowest BCUT2D eigenvalue weighted by Crippen LogP contribution is -2.30. The van der Waals surface area contributed by atoms with Crippen molar-refractivity contribution in [1.82, 2.24) is 4.90 Å². The van der Waals surface area contributed by atoms with Crippen molar-refractivity contribution in [3.63, 3.8) is 0 Å². The summed E-state index contributed by atoms with van der Waals surface area (Å²) >= 11 is 0. The second kappa shape index (κ2) is 7.95. The minimum Gasteiger partial charge on any atom is -0.465 e. The largest absolute Gasteiger partial charge is 0.465 e. The van der Waals surface area contributed by atoms with E-state index in [-0.39, 0.29) is 18.2 Å². The van der Waals surface area contributed by atoms with E-state index < -0.39 is 11.9 Å². The third-order valence-corrected chi connectivity index (χ3v) is 4.15. The summed E-state index contributed by atoms with van der Waals surface area (Å²) in [7, 11) is 1.29. The van der Waals surface area contributed by atoms with E-state index in [1.54, 1.807) is 29.2 Å². The molecule has 1 aromatic carbocycles. The Labute approximate surface area is 142 Å². The Kier molecular flexibility index (Phi) is 5.95. The monoisotopic (exact) mass is 332 g/mol. The van der Waals surface area contributed by atoms with E-state index in [0.29, 0.717) is 30.3 Å². The maximum absolute atomic E-state index is 12.5. The number of rotatable bonds is 6. The number of esters is 1. The van der Waals surface area contributed by atoms with Gasteiger partial charge in [-0.25, -0.2) is 4.79 Å². The summed E-state index contributed by atoms with van der Waals surface area (Å²) in [6.07, 6.45) is 1.13. The SMILES string of the molecule is COC(=O)c1ccccc1NC(=O)C1CC(=O)N(CCC(C)C)C1. The van der Waals surface area contributed by atoms with Crippen molar-refractivity contribution in [2.45, 2.75) is 26.7 Å². The molecule has 130 valence electrons. The fraction of sp³-hybridized carbons (Fsp3) is 0.500. The van der Waals surface area contributed by atoms with Crippen molar-refractivity contribution in [2.24, 2.45) is 11.8 Å². The predicted molar refractivity (Wildman–Crippen MR) is 90.6 cm³/mol. The highest BCUT2D eigenvalue weighted by Gasteiger charge is 2.34. The molecule has 24 heavy (non-hydrogen) atoms. The quantitative estimate of drug-likeness (QED) is 0.811. The van der Waals surface area contributed by atoms with Gasteiger partial charge in [0, 0.05) is 19.5 Å². The van der Waals surface area contributed by atoms with Crippen LogP contribution < -0.4 is 5.32 Å². The molecule has 0 aliphatic carbocycles. The zero-order chi connectivity index (χ0) is 17.7. The molecule has 0 aromatic heterocycles. The number of hydrogen-bond donors (Lipinski definition) is 1. The van der Waals surface area contributed by atoms with Crippen LogP contribution in [0, 0.1) is 11.8 Å². The summed E-state index contributed by atoms with van der Waals surface area (Å²) in [6.45, 7) is 5.32. The number of nitrogens with one attached hydrogen (secondary N) is 1. The molecule has 2 amide bonds. The van der Waals surface area contributed by atoms with Gasteiger partial charge in [-0.2, -0.15) is 0 Å². The minimum absolute atomic E-state index is 0.0112. The molecule has 1 unspecified atom stereocenters. The van der Waals surface area contributed by atoms with Gasteiger partial charge in [0.25, 0.3) is 0 Å². The van der Waals surface area contributed by atoms with Gasteiger partial charge in [0.15, 0.2) is 0 Å². The van der Waals surface area contributed by atoms with Gasteiger partial charge in [-0.05, 0) is 24.5 Å². The van der Waals surface area contributed by atoms with Gasteiger partial charge in [0.2, 0.25) is 11.8 Å². The first kappa shape index (κ1) is 18.0. The topological polar surface area (TPSA) is 75.7 Å². The Balaban J connectivity index is 2.01. The number of carbonyl (C=O) groups is 3. The number of anilines is 1. The van der Waals surface area contributed by atoms with Crippen LogP contribution in [0.1, 0.15) is 37.0 Å². The highest BCUT2D eigenvalue weighted by atomic mass is 16.5. The molecule has 1 saturated heterocycles. The second-order valence-electron chi connectivity index (χ2n) is 6.45. The van der Waals surface area contributed by atoms with Crippen LogP contribution in [0.2, 0.25) is 0 Å². The van der Waals surface area contributed by atoms with E-state index in [0.717, 1.165) is 6.42 Å². The number of para-hydroxylation sites is 1. The van der Waals surface area contributed by atoms with Crippen molar-refractivity contribution < 1.29 is 19.1 Å². The molecule has 6 nitrogen and oxygen atoms in total. The maximum atomic E-state index is 12.5. The average molecular weight is 332 g/mol. The van der Waals surface area contributed by atoms with Gasteiger partial charge >= 0.3 is 5.97 Å². The molecule has 0 spiro atoms. The molecule has 0 saturated carbocycles. The number of likely N-dealkylation sites (tertiary alicyclic amines) is 1. The smallest absolute Gasteiger partial charge is 0.339 e. The summed E-state index contributed by atoms with van der Waals surface area (Å²) in [5.74, 6) is -0.622. The molecular formula is C18H24N2O4. The van der Waals surface area contributed by atoms with E-state index in [1.165, 1.54) is 7.11 Å². The molecule has 6 heteroatoms. The number of amides is 2.